The van der Waals surface area contributed by atoms with Gasteiger partial charge in [0.2, 0.25) is 0 Å². The van der Waals surface area contributed by atoms with E-state index in [2.05, 4.69) is 22.8 Å². The molecule has 4 heteroatoms. The van der Waals surface area contributed by atoms with Gasteiger partial charge in [-0.25, -0.2) is 0 Å². The quantitative estimate of drug-likeness (QED) is 0.586. The number of aliphatic hydroxyl groups excluding tert-OH is 1. The Morgan fingerprint density at radius 1 is 0.864 bits per heavy atom. The zero-order valence-electron chi connectivity index (χ0n) is 12.7. The van der Waals surface area contributed by atoms with Crippen molar-refractivity contribution in [3.05, 3.63) is 66.2 Å². The van der Waals surface area contributed by atoms with Crippen LogP contribution in [0.25, 0.3) is 0 Å². The SMILES string of the molecule is O[C@@H](CNCCNCc1ccccc1)COc1ccccc1. The summed E-state index contributed by atoms with van der Waals surface area (Å²) >= 11 is 0. The molecular formula is C18H24N2O2. The molecule has 2 aromatic rings. The van der Waals surface area contributed by atoms with Crippen LogP contribution in [0.4, 0.5) is 0 Å². The van der Waals surface area contributed by atoms with Crippen LogP contribution in [-0.2, 0) is 6.54 Å². The van der Waals surface area contributed by atoms with Crippen molar-refractivity contribution in [2.24, 2.45) is 0 Å². The van der Waals surface area contributed by atoms with Crippen LogP contribution >= 0.6 is 0 Å². The van der Waals surface area contributed by atoms with Gasteiger partial charge in [-0.05, 0) is 17.7 Å². The third kappa shape index (κ3) is 6.72. The van der Waals surface area contributed by atoms with Gasteiger partial charge in [0.05, 0.1) is 0 Å². The molecule has 0 radical (unpaired) electrons. The highest BCUT2D eigenvalue weighted by Gasteiger charge is 2.04. The van der Waals surface area contributed by atoms with Crippen LogP contribution in [-0.4, -0.2) is 37.5 Å². The average Bonchev–Trinajstić information content (AvgIpc) is 2.58. The van der Waals surface area contributed by atoms with Crippen molar-refractivity contribution in [3.63, 3.8) is 0 Å². The summed E-state index contributed by atoms with van der Waals surface area (Å²) in [4.78, 5) is 0. The molecule has 118 valence electrons. The molecule has 0 aliphatic carbocycles. The molecule has 0 heterocycles. The minimum absolute atomic E-state index is 0.300. The molecule has 0 saturated heterocycles. The lowest BCUT2D eigenvalue weighted by atomic mass is 10.2. The summed E-state index contributed by atoms with van der Waals surface area (Å²) in [6.07, 6.45) is -0.505. The Morgan fingerprint density at radius 2 is 1.50 bits per heavy atom. The first-order chi connectivity index (χ1) is 10.8. The Hall–Kier alpha value is -1.88. The van der Waals surface area contributed by atoms with E-state index in [1.807, 2.05) is 48.5 Å². The van der Waals surface area contributed by atoms with Crippen LogP contribution in [0.1, 0.15) is 5.56 Å². The first-order valence-electron chi connectivity index (χ1n) is 7.66. The Labute approximate surface area is 132 Å². The minimum atomic E-state index is -0.505. The molecule has 2 rings (SSSR count). The lowest BCUT2D eigenvalue weighted by Crippen LogP contribution is -2.35. The molecule has 0 saturated carbocycles. The number of benzene rings is 2. The first kappa shape index (κ1) is 16.5. The summed E-state index contributed by atoms with van der Waals surface area (Å²) in [7, 11) is 0. The van der Waals surface area contributed by atoms with E-state index in [1.54, 1.807) is 0 Å². The van der Waals surface area contributed by atoms with Gasteiger partial charge >= 0.3 is 0 Å². The fourth-order valence-corrected chi connectivity index (χ4v) is 2.04. The van der Waals surface area contributed by atoms with E-state index in [9.17, 15) is 5.11 Å². The topological polar surface area (TPSA) is 53.5 Å². The van der Waals surface area contributed by atoms with Crippen molar-refractivity contribution >= 4 is 0 Å². The molecule has 0 amide bonds. The number of hydrogen-bond acceptors (Lipinski definition) is 4. The summed E-state index contributed by atoms with van der Waals surface area (Å²) < 4.78 is 5.50. The van der Waals surface area contributed by atoms with Crippen molar-refractivity contribution in [1.82, 2.24) is 10.6 Å². The number of rotatable bonds is 10. The molecule has 0 bridgehead atoms. The Bertz CT molecular complexity index is 505. The monoisotopic (exact) mass is 300 g/mol. The fourth-order valence-electron chi connectivity index (χ4n) is 2.04. The summed E-state index contributed by atoms with van der Waals surface area (Å²) in [6.45, 7) is 3.37. The molecule has 0 fully saturated rings. The standard InChI is InChI=1S/C18H24N2O2/c21-17(15-22-18-9-5-2-6-10-18)14-20-12-11-19-13-16-7-3-1-4-8-16/h1-10,17,19-21H,11-15H2/t17-/m0/s1. The Morgan fingerprint density at radius 3 is 2.23 bits per heavy atom. The average molecular weight is 300 g/mol. The number of aliphatic hydroxyl groups is 1. The van der Waals surface area contributed by atoms with Crippen molar-refractivity contribution in [3.8, 4) is 5.75 Å². The lowest BCUT2D eigenvalue weighted by molar-refractivity contribution is 0.106. The molecule has 0 aliphatic heterocycles. The normalized spacial score (nSPS) is 12.0. The summed E-state index contributed by atoms with van der Waals surface area (Å²) in [5.74, 6) is 0.783. The van der Waals surface area contributed by atoms with Crippen LogP contribution in [0.3, 0.4) is 0 Å². The highest BCUT2D eigenvalue weighted by molar-refractivity contribution is 5.20. The van der Waals surface area contributed by atoms with E-state index in [0.29, 0.717) is 13.2 Å². The second-order valence-corrected chi connectivity index (χ2v) is 5.14. The van der Waals surface area contributed by atoms with Crippen molar-refractivity contribution in [1.29, 1.82) is 0 Å². The van der Waals surface area contributed by atoms with E-state index >= 15 is 0 Å². The minimum Gasteiger partial charge on any atom is -0.491 e. The molecule has 0 unspecified atom stereocenters. The lowest BCUT2D eigenvalue weighted by Gasteiger charge is -2.13. The predicted octanol–water partition coefficient (Wildman–Crippen LogP) is 1.81. The van der Waals surface area contributed by atoms with Crippen LogP contribution in [0.2, 0.25) is 0 Å². The molecule has 2 aromatic carbocycles. The van der Waals surface area contributed by atoms with Gasteiger partial charge in [0.25, 0.3) is 0 Å². The van der Waals surface area contributed by atoms with Crippen LogP contribution in [0.15, 0.2) is 60.7 Å². The van der Waals surface area contributed by atoms with Gasteiger partial charge < -0.3 is 20.5 Å². The Kier molecular flexibility index (Phi) is 7.46. The highest BCUT2D eigenvalue weighted by Crippen LogP contribution is 2.08. The molecule has 4 nitrogen and oxygen atoms in total. The zero-order chi connectivity index (χ0) is 15.5. The van der Waals surface area contributed by atoms with Gasteiger partial charge in [0, 0.05) is 26.2 Å². The number of ether oxygens (including phenoxy) is 1. The van der Waals surface area contributed by atoms with E-state index in [4.69, 9.17) is 4.74 Å². The van der Waals surface area contributed by atoms with Gasteiger partial charge in [0.1, 0.15) is 18.5 Å². The van der Waals surface area contributed by atoms with Gasteiger partial charge in [-0.3, -0.25) is 0 Å². The largest absolute Gasteiger partial charge is 0.491 e. The van der Waals surface area contributed by atoms with Crippen molar-refractivity contribution in [2.75, 3.05) is 26.2 Å². The molecular weight excluding hydrogens is 276 g/mol. The maximum atomic E-state index is 9.84. The van der Waals surface area contributed by atoms with Gasteiger partial charge in [-0.2, -0.15) is 0 Å². The third-order valence-electron chi connectivity index (χ3n) is 3.22. The predicted molar refractivity (Wildman–Crippen MR) is 89.0 cm³/mol. The van der Waals surface area contributed by atoms with Crippen molar-refractivity contribution < 1.29 is 9.84 Å². The molecule has 22 heavy (non-hydrogen) atoms. The Balaban J connectivity index is 1.48. The summed E-state index contributed by atoms with van der Waals surface area (Å²) in [6, 6.07) is 19.8. The molecule has 0 aliphatic rings. The summed E-state index contributed by atoms with van der Waals surface area (Å²) in [5.41, 5.74) is 1.28. The van der Waals surface area contributed by atoms with Crippen LogP contribution in [0.5, 0.6) is 5.75 Å². The zero-order valence-corrected chi connectivity index (χ0v) is 12.7. The molecule has 0 aromatic heterocycles. The van der Waals surface area contributed by atoms with E-state index in [1.165, 1.54) is 5.56 Å². The molecule has 1 atom stereocenters. The van der Waals surface area contributed by atoms with E-state index in [0.717, 1.165) is 25.4 Å². The van der Waals surface area contributed by atoms with E-state index < -0.39 is 6.10 Å². The van der Waals surface area contributed by atoms with Gasteiger partial charge in [-0.1, -0.05) is 48.5 Å². The maximum Gasteiger partial charge on any atom is 0.119 e. The molecule has 0 spiro atoms. The smallest absolute Gasteiger partial charge is 0.119 e. The summed E-state index contributed by atoms with van der Waals surface area (Å²) in [5, 5.41) is 16.4. The number of para-hydroxylation sites is 1. The van der Waals surface area contributed by atoms with Crippen molar-refractivity contribution in [2.45, 2.75) is 12.6 Å². The van der Waals surface area contributed by atoms with Crippen LogP contribution in [0, 0.1) is 0 Å². The number of hydrogen-bond donors (Lipinski definition) is 3. The number of nitrogens with one attached hydrogen (secondary N) is 2. The highest BCUT2D eigenvalue weighted by atomic mass is 16.5. The maximum absolute atomic E-state index is 9.84. The first-order valence-corrected chi connectivity index (χ1v) is 7.66. The van der Waals surface area contributed by atoms with Gasteiger partial charge in [-0.15, -0.1) is 0 Å². The fraction of sp³-hybridized carbons (Fsp3) is 0.333. The molecule has 3 N–H and O–H groups in total. The van der Waals surface area contributed by atoms with Crippen LogP contribution < -0.4 is 15.4 Å². The third-order valence-corrected chi connectivity index (χ3v) is 3.22. The van der Waals surface area contributed by atoms with E-state index in [-0.39, 0.29) is 0 Å². The second-order valence-electron chi connectivity index (χ2n) is 5.14. The van der Waals surface area contributed by atoms with Gasteiger partial charge in [0.15, 0.2) is 0 Å². The second kappa shape index (κ2) is 9.95.